The first kappa shape index (κ1) is 16.4. The van der Waals surface area contributed by atoms with Crippen molar-refractivity contribution in [2.75, 3.05) is 13.7 Å². The molecular formula is C10H17ClN4O3. The van der Waals surface area contributed by atoms with Crippen molar-refractivity contribution in [1.82, 2.24) is 15.3 Å². The minimum Gasteiger partial charge on any atom is -0.467 e. The van der Waals surface area contributed by atoms with Gasteiger partial charge in [0.25, 0.3) is 0 Å². The highest BCUT2D eigenvalue weighted by Gasteiger charge is 2.22. The lowest BCUT2D eigenvalue weighted by molar-refractivity contribution is -0.145. The average Bonchev–Trinajstić information content (AvgIpc) is 2.80. The van der Waals surface area contributed by atoms with Crippen molar-refractivity contribution in [1.29, 1.82) is 0 Å². The van der Waals surface area contributed by atoms with Gasteiger partial charge < -0.3 is 20.8 Å². The molecule has 8 heteroatoms. The maximum absolute atomic E-state index is 11.5. The highest BCUT2D eigenvalue weighted by Crippen LogP contribution is 2.00. The lowest BCUT2D eigenvalue weighted by Crippen LogP contribution is -2.43. The summed E-state index contributed by atoms with van der Waals surface area (Å²) < 4.78 is 4.62. The second-order valence-corrected chi connectivity index (χ2v) is 3.46. The Hall–Kier alpha value is -1.60. The molecule has 0 bridgehead atoms. The second-order valence-electron chi connectivity index (χ2n) is 3.46. The van der Waals surface area contributed by atoms with Crippen molar-refractivity contribution < 1.29 is 14.3 Å². The number of aromatic nitrogens is 2. The topological polar surface area (TPSA) is 110 Å². The van der Waals surface area contributed by atoms with Crippen molar-refractivity contribution in [3.05, 3.63) is 18.2 Å². The minimum atomic E-state index is -0.723. The average molecular weight is 277 g/mol. The first-order valence-corrected chi connectivity index (χ1v) is 5.22. The van der Waals surface area contributed by atoms with E-state index in [-0.39, 0.29) is 31.3 Å². The SMILES string of the molecule is COC(=O)[C@H](Cc1cnc[nH]1)NC(=O)CCN.Cl. The van der Waals surface area contributed by atoms with Gasteiger partial charge in [0.1, 0.15) is 6.04 Å². The monoisotopic (exact) mass is 276 g/mol. The quantitative estimate of drug-likeness (QED) is 0.600. The van der Waals surface area contributed by atoms with Gasteiger partial charge in [-0.2, -0.15) is 0 Å². The number of amides is 1. The number of rotatable bonds is 6. The van der Waals surface area contributed by atoms with Crippen molar-refractivity contribution in [3.8, 4) is 0 Å². The van der Waals surface area contributed by atoms with E-state index in [1.165, 1.54) is 13.4 Å². The summed E-state index contributed by atoms with van der Waals surface area (Å²) in [6.45, 7) is 0.240. The zero-order valence-electron chi connectivity index (χ0n) is 10.0. The molecule has 0 unspecified atom stereocenters. The number of hydrogen-bond donors (Lipinski definition) is 3. The summed E-state index contributed by atoms with van der Waals surface area (Å²) in [5, 5.41) is 2.57. The molecule has 0 aromatic carbocycles. The zero-order valence-corrected chi connectivity index (χ0v) is 10.8. The summed E-state index contributed by atoms with van der Waals surface area (Å²) >= 11 is 0. The maximum Gasteiger partial charge on any atom is 0.328 e. The van der Waals surface area contributed by atoms with E-state index in [0.29, 0.717) is 6.42 Å². The Balaban J connectivity index is 0.00000289. The molecule has 1 rings (SSSR count). The Labute approximate surface area is 111 Å². The molecule has 0 aliphatic rings. The van der Waals surface area contributed by atoms with Gasteiger partial charge in [0, 0.05) is 31.3 Å². The zero-order chi connectivity index (χ0) is 12.7. The number of carbonyl (C=O) groups is 2. The molecule has 1 heterocycles. The van der Waals surface area contributed by atoms with E-state index in [4.69, 9.17) is 5.73 Å². The first-order chi connectivity index (χ1) is 8.17. The Morgan fingerprint density at radius 3 is 2.83 bits per heavy atom. The predicted octanol–water partition coefficient (Wildman–Crippen LogP) is -0.619. The summed E-state index contributed by atoms with van der Waals surface area (Å²) in [5.74, 6) is -0.771. The van der Waals surface area contributed by atoms with Crippen molar-refractivity contribution in [3.63, 3.8) is 0 Å². The molecule has 102 valence electrons. The third-order valence-electron chi connectivity index (χ3n) is 2.17. The number of imidazole rings is 1. The van der Waals surface area contributed by atoms with Crippen LogP contribution < -0.4 is 11.1 Å². The number of nitrogens with zero attached hydrogens (tertiary/aromatic N) is 1. The van der Waals surface area contributed by atoms with Crippen molar-refractivity contribution in [2.45, 2.75) is 18.9 Å². The lowest BCUT2D eigenvalue weighted by Gasteiger charge is -2.15. The summed E-state index contributed by atoms with van der Waals surface area (Å²) in [5.41, 5.74) is 6.00. The maximum atomic E-state index is 11.5. The number of halogens is 1. The molecule has 4 N–H and O–H groups in total. The van der Waals surface area contributed by atoms with Crippen LogP contribution in [0.15, 0.2) is 12.5 Å². The van der Waals surface area contributed by atoms with Crippen LogP contribution in [-0.2, 0) is 20.7 Å². The van der Waals surface area contributed by atoms with E-state index >= 15 is 0 Å². The van der Waals surface area contributed by atoms with E-state index in [1.54, 1.807) is 6.20 Å². The van der Waals surface area contributed by atoms with Gasteiger partial charge in [-0.25, -0.2) is 9.78 Å². The molecule has 0 saturated carbocycles. The predicted molar refractivity (Wildman–Crippen MR) is 67.2 cm³/mol. The van der Waals surface area contributed by atoms with Crippen LogP contribution in [0.2, 0.25) is 0 Å². The van der Waals surface area contributed by atoms with Gasteiger partial charge >= 0.3 is 5.97 Å². The van der Waals surface area contributed by atoms with E-state index in [9.17, 15) is 9.59 Å². The van der Waals surface area contributed by atoms with Crippen molar-refractivity contribution >= 4 is 24.3 Å². The third kappa shape index (κ3) is 5.15. The molecule has 0 spiro atoms. The number of ether oxygens (including phenoxy) is 1. The van der Waals surface area contributed by atoms with Gasteiger partial charge in [-0.3, -0.25) is 4.79 Å². The van der Waals surface area contributed by atoms with Gasteiger partial charge in [-0.1, -0.05) is 0 Å². The molecule has 0 fully saturated rings. The van der Waals surface area contributed by atoms with E-state index in [1.807, 2.05) is 0 Å². The molecule has 0 aliphatic heterocycles. The van der Waals surface area contributed by atoms with Gasteiger partial charge in [0.05, 0.1) is 13.4 Å². The Morgan fingerprint density at radius 2 is 2.33 bits per heavy atom. The van der Waals surface area contributed by atoms with Crippen LogP contribution in [0, 0.1) is 0 Å². The van der Waals surface area contributed by atoms with Crippen LogP contribution in [0.4, 0.5) is 0 Å². The molecule has 7 nitrogen and oxygen atoms in total. The fourth-order valence-corrected chi connectivity index (χ4v) is 1.35. The second kappa shape index (κ2) is 8.48. The van der Waals surface area contributed by atoms with E-state index < -0.39 is 12.0 Å². The smallest absolute Gasteiger partial charge is 0.328 e. The highest BCUT2D eigenvalue weighted by atomic mass is 35.5. The van der Waals surface area contributed by atoms with E-state index in [0.717, 1.165) is 5.69 Å². The van der Waals surface area contributed by atoms with Crippen LogP contribution in [-0.4, -0.2) is 41.5 Å². The standard InChI is InChI=1S/C10H16N4O3.ClH/c1-17-10(16)8(14-9(15)2-3-11)4-7-5-12-6-13-7;/h5-6,8H,2-4,11H2,1H3,(H,12,13)(H,14,15);1H/t8-;/m0./s1. The van der Waals surface area contributed by atoms with Crippen LogP contribution in [0.5, 0.6) is 0 Å². The minimum absolute atomic E-state index is 0. The van der Waals surface area contributed by atoms with E-state index in [2.05, 4.69) is 20.0 Å². The summed E-state index contributed by atoms with van der Waals surface area (Å²) in [6.07, 6.45) is 3.58. The van der Waals surface area contributed by atoms with Gasteiger partial charge in [0.15, 0.2) is 0 Å². The number of methoxy groups -OCH3 is 1. The molecule has 0 aliphatic carbocycles. The number of H-pyrrole nitrogens is 1. The molecule has 0 saturated heterocycles. The van der Waals surface area contributed by atoms with Crippen LogP contribution >= 0.6 is 12.4 Å². The van der Waals surface area contributed by atoms with Crippen LogP contribution in [0.1, 0.15) is 12.1 Å². The molecule has 0 radical (unpaired) electrons. The first-order valence-electron chi connectivity index (χ1n) is 5.22. The Kier molecular flexibility index (Phi) is 7.73. The fraction of sp³-hybridized carbons (Fsp3) is 0.500. The van der Waals surface area contributed by atoms with Crippen LogP contribution in [0.25, 0.3) is 0 Å². The number of aromatic amines is 1. The summed E-state index contributed by atoms with van der Waals surface area (Å²) in [4.78, 5) is 29.5. The molecular weight excluding hydrogens is 260 g/mol. The van der Waals surface area contributed by atoms with Gasteiger partial charge in [0.2, 0.25) is 5.91 Å². The van der Waals surface area contributed by atoms with Crippen molar-refractivity contribution in [2.24, 2.45) is 5.73 Å². The number of esters is 1. The van der Waals surface area contributed by atoms with Gasteiger partial charge in [-0.05, 0) is 0 Å². The Bertz CT molecular complexity index is 369. The highest BCUT2D eigenvalue weighted by molar-refractivity contribution is 5.85. The number of carbonyl (C=O) groups excluding carboxylic acids is 2. The number of hydrogen-bond acceptors (Lipinski definition) is 5. The normalized spacial score (nSPS) is 11.2. The Morgan fingerprint density at radius 1 is 1.61 bits per heavy atom. The number of nitrogens with one attached hydrogen (secondary N) is 2. The number of nitrogens with two attached hydrogens (primary N) is 1. The van der Waals surface area contributed by atoms with Gasteiger partial charge in [-0.15, -0.1) is 12.4 Å². The largest absolute Gasteiger partial charge is 0.467 e. The third-order valence-corrected chi connectivity index (χ3v) is 2.17. The molecule has 18 heavy (non-hydrogen) atoms. The summed E-state index contributed by atoms with van der Waals surface area (Å²) in [6, 6.07) is -0.723. The lowest BCUT2D eigenvalue weighted by atomic mass is 10.1. The molecule has 1 aromatic rings. The fourth-order valence-electron chi connectivity index (χ4n) is 1.35. The molecule has 1 amide bonds. The molecule has 1 aromatic heterocycles. The summed E-state index contributed by atoms with van der Waals surface area (Å²) in [7, 11) is 1.28. The molecule has 1 atom stereocenters. The van der Waals surface area contributed by atoms with Crippen LogP contribution in [0.3, 0.4) is 0 Å².